The molecular formula is C21H19ClFNO. The van der Waals surface area contributed by atoms with Crippen molar-refractivity contribution in [2.24, 2.45) is 0 Å². The molecule has 4 heteroatoms. The monoisotopic (exact) mass is 355 g/mol. The lowest BCUT2D eigenvalue weighted by molar-refractivity contribution is 0.479. The van der Waals surface area contributed by atoms with Gasteiger partial charge in [-0.05, 0) is 72.6 Å². The summed E-state index contributed by atoms with van der Waals surface area (Å²) >= 11 is 5.99. The van der Waals surface area contributed by atoms with Crippen LogP contribution < -0.4 is 10.1 Å². The van der Waals surface area contributed by atoms with E-state index in [2.05, 4.69) is 11.4 Å². The fraction of sp³-hybridized carbons (Fsp3) is 0.143. The van der Waals surface area contributed by atoms with Gasteiger partial charge >= 0.3 is 0 Å². The van der Waals surface area contributed by atoms with Crippen LogP contribution in [0.25, 0.3) is 0 Å². The Morgan fingerprint density at radius 1 is 0.840 bits per heavy atom. The largest absolute Gasteiger partial charge is 0.457 e. The molecule has 3 aromatic rings. The van der Waals surface area contributed by atoms with Gasteiger partial charge in [-0.2, -0.15) is 0 Å². The maximum atomic E-state index is 12.9. The summed E-state index contributed by atoms with van der Waals surface area (Å²) < 4.78 is 18.7. The third-order valence-corrected chi connectivity index (χ3v) is 3.99. The Bertz CT molecular complexity index is 820. The molecule has 0 heterocycles. The third kappa shape index (κ3) is 5.59. The molecule has 0 saturated heterocycles. The highest BCUT2D eigenvalue weighted by Gasteiger charge is 2.00. The number of nitrogens with one attached hydrogen (secondary N) is 1. The van der Waals surface area contributed by atoms with E-state index in [4.69, 9.17) is 16.3 Å². The predicted octanol–water partition coefficient (Wildman–Crippen LogP) is 5.60. The van der Waals surface area contributed by atoms with E-state index < -0.39 is 0 Å². The molecule has 3 aromatic carbocycles. The van der Waals surface area contributed by atoms with Gasteiger partial charge in [-0.1, -0.05) is 35.9 Å². The lowest BCUT2D eigenvalue weighted by Gasteiger charge is -2.09. The van der Waals surface area contributed by atoms with Crippen molar-refractivity contribution < 1.29 is 9.13 Å². The van der Waals surface area contributed by atoms with Crippen LogP contribution in [-0.4, -0.2) is 6.54 Å². The number of halogens is 2. The minimum atomic E-state index is -0.273. The Kier molecular flexibility index (Phi) is 6.04. The summed E-state index contributed by atoms with van der Waals surface area (Å²) in [5, 5.41) is 4.19. The number of rotatable bonds is 7. The molecule has 0 saturated carbocycles. The van der Waals surface area contributed by atoms with Crippen molar-refractivity contribution >= 4 is 11.6 Å². The Morgan fingerprint density at radius 3 is 2.40 bits per heavy atom. The van der Waals surface area contributed by atoms with Crippen molar-refractivity contribution in [3.05, 3.63) is 94.8 Å². The topological polar surface area (TPSA) is 21.3 Å². The summed E-state index contributed by atoms with van der Waals surface area (Å²) in [6.07, 6.45) is 0.923. The van der Waals surface area contributed by atoms with E-state index in [1.165, 1.54) is 17.7 Å². The minimum Gasteiger partial charge on any atom is -0.457 e. The molecular weight excluding hydrogens is 337 g/mol. The van der Waals surface area contributed by atoms with Crippen LogP contribution in [0.15, 0.2) is 72.8 Å². The van der Waals surface area contributed by atoms with E-state index in [1.807, 2.05) is 42.5 Å². The predicted molar refractivity (Wildman–Crippen MR) is 99.8 cm³/mol. The van der Waals surface area contributed by atoms with E-state index in [-0.39, 0.29) is 5.82 Å². The summed E-state index contributed by atoms with van der Waals surface area (Å²) in [4.78, 5) is 0. The van der Waals surface area contributed by atoms with Gasteiger partial charge < -0.3 is 10.1 Å². The Morgan fingerprint density at radius 2 is 1.60 bits per heavy atom. The molecule has 128 valence electrons. The molecule has 0 aliphatic rings. The Hall–Kier alpha value is -2.36. The molecule has 0 radical (unpaired) electrons. The second kappa shape index (κ2) is 8.65. The standard InChI is InChI=1S/C21H19ClFNO/c22-18-5-1-3-16(13-18)11-12-24-15-17-4-2-6-21(14-17)25-20-9-7-19(23)8-10-20/h1-10,13-14,24H,11-12,15H2. The van der Waals surface area contributed by atoms with Crippen LogP contribution in [0.1, 0.15) is 11.1 Å². The zero-order chi connectivity index (χ0) is 17.5. The van der Waals surface area contributed by atoms with Crippen LogP contribution in [0.5, 0.6) is 11.5 Å². The van der Waals surface area contributed by atoms with Crippen molar-refractivity contribution in [2.45, 2.75) is 13.0 Å². The molecule has 2 nitrogen and oxygen atoms in total. The van der Waals surface area contributed by atoms with Gasteiger partial charge in [0.25, 0.3) is 0 Å². The van der Waals surface area contributed by atoms with Gasteiger partial charge in [0.2, 0.25) is 0 Å². The maximum Gasteiger partial charge on any atom is 0.127 e. The van der Waals surface area contributed by atoms with Crippen LogP contribution in [0.4, 0.5) is 4.39 Å². The third-order valence-electron chi connectivity index (χ3n) is 3.76. The second-order valence-corrected chi connectivity index (χ2v) is 6.20. The molecule has 0 unspecified atom stereocenters. The van der Waals surface area contributed by atoms with Gasteiger partial charge in [-0.15, -0.1) is 0 Å². The lowest BCUT2D eigenvalue weighted by atomic mass is 10.1. The summed E-state index contributed by atoms with van der Waals surface area (Å²) in [5.41, 5.74) is 2.35. The Labute approximate surface area is 152 Å². The molecule has 0 aliphatic carbocycles. The molecule has 0 atom stereocenters. The summed E-state index contributed by atoms with van der Waals surface area (Å²) in [6.45, 7) is 1.62. The van der Waals surface area contributed by atoms with Crippen LogP contribution in [0, 0.1) is 5.82 Å². The van der Waals surface area contributed by atoms with E-state index in [9.17, 15) is 4.39 Å². The number of benzene rings is 3. The molecule has 0 aliphatic heterocycles. The van der Waals surface area contributed by atoms with E-state index >= 15 is 0 Å². The van der Waals surface area contributed by atoms with Gasteiger partial charge in [-0.25, -0.2) is 4.39 Å². The molecule has 0 fully saturated rings. The van der Waals surface area contributed by atoms with Crippen LogP contribution >= 0.6 is 11.6 Å². The molecule has 1 N–H and O–H groups in total. The van der Waals surface area contributed by atoms with Crippen molar-refractivity contribution in [2.75, 3.05) is 6.54 Å². The van der Waals surface area contributed by atoms with Crippen molar-refractivity contribution in [1.82, 2.24) is 5.32 Å². The SMILES string of the molecule is Fc1ccc(Oc2cccc(CNCCc3cccc(Cl)c3)c2)cc1. The van der Waals surface area contributed by atoms with Gasteiger partial charge in [0, 0.05) is 11.6 Å². The number of ether oxygens (including phenoxy) is 1. The van der Waals surface area contributed by atoms with Crippen LogP contribution in [0.3, 0.4) is 0 Å². The number of hydrogen-bond acceptors (Lipinski definition) is 2. The lowest BCUT2D eigenvalue weighted by Crippen LogP contribution is -2.16. The van der Waals surface area contributed by atoms with Gasteiger partial charge in [0.15, 0.2) is 0 Å². The molecule has 0 amide bonds. The average Bonchev–Trinajstić information content (AvgIpc) is 2.61. The smallest absolute Gasteiger partial charge is 0.127 e. The highest BCUT2D eigenvalue weighted by atomic mass is 35.5. The second-order valence-electron chi connectivity index (χ2n) is 5.76. The molecule has 25 heavy (non-hydrogen) atoms. The zero-order valence-corrected chi connectivity index (χ0v) is 14.5. The van der Waals surface area contributed by atoms with Gasteiger partial charge in [-0.3, -0.25) is 0 Å². The first-order valence-electron chi connectivity index (χ1n) is 8.16. The van der Waals surface area contributed by atoms with E-state index in [0.717, 1.165) is 35.8 Å². The highest BCUT2D eigenvalue weighted by molar-refractivity contribution is 6.30. The fourth-order valence-corrected chi connectivity index (χ4v) is 2.73. The maximum absolute atomic E-state index is 12.9. The van der Waals surface area contributed by atoms with Gasteiger partial charge in [0.05, 0.1) is 0 Å². The average molecular weight is 356 g/mol. The van der Waals surface area contributed by atoms with E-state index in [0.29, 0.717) is 5.75 Å². The summed E-state index contributed by atoms with van der Waals surface area (Å²) in [6, 6.07) is 21.8. The van der Waals surface area contributed by atoms with Crippen LogP contribution in [0.2, 0.25) is 5.02 Å². The fourth-order valence-electron chi connectivity index (χ4n) is 2.52. The van der Waals surface area contributed by atoms with Crippen molar-refractivity contribution in [3.63, 3.8) is 0 Å². The van der Waals surface area contributed by atoms with Gasteiger partial charge in [0.1, 0.15) is 17.3 Å². The first-order valence-corrected chi connectivity index (χ1v) is 8.54. The normalized spacial score (nSPS) is 10.6. The first kappa shape index (κ1) is 17.5. The minimum absolute atomic E-state index is 0.273. The molecule has 0 bridgehead atoms. The molecule has 3 rings (SSSR count). The molecule has 0 aromatic heterocycles. The highest BCUT2D eigenvalue weighted by Crippen LogP contribution is 2.22. The summed E-state index contributed by atoms with van der Waals surface area (Å²) in [5.74, 6) is 1.08. The van der Waals surface area contributed by atoms with E-state index in [1.54, 1.807) is 12.1 Å². The summed E-state index contributed by atoms with van der Waals surface area (Å²) in [7, 11) is 0. The van der Waals surface area contributed by atoms with Crippen LogP contribution in [-0.2, 0) is 13.0 Å². The molecule has 0 spiro atoms. The number of hydrogen-bond donors (Lipinski definition) is 1. The zero-order valence-electron chi connectivity index (χ0n) is 13.7. The Balaban J connectivity index is 1.50. The first-order chi connectivity index (χ1) is 12.2. The van der Waals surface area contributed by atoms with Crippen molar-refractivity contribution in [3.8, 4) is 11.5 Å². The quantitative estimate of drug-likeness (QED) is 0.557. The van der Waals surface area contributed by atoms with Crippen molar-refractivity contribution in [1.29, 1.82) is 0 Å².